The van der Waals surface area contributed by atoms with Crippen molar-refractivity contribution in [2.45, 2.75) is 32.1 Å². The highest BCUT2D eigenvalue weighted by Crippen LogP contribution is 2.07. The second kappa shape index (κ2) is 6.66. The topological polar surface area (TPSA) is 15.3 Å². The zero-order chi connectivity index (χ0) is 11.1. The van der Waals surface area contributed by atoms with Crippen molar-refractivity contribution < 1.29 is 0 Å². The van der Waals surface area contributed by atoms with Crippen LogP contribution >= 0.6 is 0 Å². The fourth-order valence-corrected chi connectivity index (χ4v) is 2.23. The standard InChI is InChI=1S/C14H22N2/c1-2-7-13-16(12-6-1)15-11-10-14-8-4-3-5-9-14/h3-5,8-9,15H,1-2,6-7,10-13H2. The predicted octanol–water partition coefficient (Wildman–Crippen LogP) is 2.61. The van der Waals surface area contributed by atoms with Gasteiger partial charge in [0.2, 0.25) is 0 Å². The van der Waals surface area contributed by atoms with Gasteiger partial charge in [-0.05, 0) is 24.8 Å². The minimum atomic E-state index is 1.06. The van der Waals surface area contributed by atoms with E-state index in [1.807, 2.05) is 0 Å². The van der Waals surface area contributed by atoms with Crippen molar-refractivity contribution in [1.29, 1.82) is 0 Å². The molecular formula is C14H22N2. The number of rotatable bonds is 4. The van der Waals surface area contributed by atoms with Gasteiger partial charge in [-0.15, -0.1) is 0 Å². The van der Waals surface area contributed by atoms with Gasteiger partial charge >= 0.3 is 0 Å². The molecule has 88 valence electrons. The molecule has 0 radical (unpaired) electrons. The zero-order valence-electron chi connectivity index (χ0n) is 9.99. The highest BCUT2D eigenvalue weighted by Gasteiger charge is 2.07. The lowest BCUT2D eigenvalue weighted by molar-refractivity contribution is 0.197. The van der Waals surface area contributed by atoms with E-state index in [1.165, 1.54) is 44.3 Å². The molecule has 0 aromatic heterocycles. The smallest absolute Gasteiger partial charge is 0.0143 e. The highest BCUT2D eigenvalue weighted by atomic mass is 15.5. The van der Waals surface area contributed by atoms with Crippen molar-refractivity contribution in [1.82, 2.24) is 10.4 Å². The Morgan fingerprint density at radius 2 is 1.62 bits per heavy atom. The molecule has 1 aromatic carbocycles. The lowest BCUT2D eigenvalue weighted by Gasteiger charge is -2.20. The quantitative estimate of drug-likeness (QED) is 0.835. The first-order valence-corrected chi connectivity index (χ1v) is 6.47. The lowest BCUT2D eigenvalue weighted by atomic mass is 10.2. The normalized spacial score (nSPS) is 18.2. The van der Waals surface area contributed by atoms with Gasteiger partial charge in [-0.25, -0.2) is 5.01 Å². The molecular weight excluding hydrogens is 196 g/mol. The van der Waals surface area contributed by atoms with E-state index in [0.29, 0.717) is 0 Å². The van der Waals surface area contributed by atoms with E-state index in [9.17, 15) is 0 Å². The maximum absolute atomic E-state index is 3.54. The van der Waals surface area contributed by atoms with Crippen molar-refractivity contribution in [3.8, 4) is 0 Å². The molecule has 0 aliphatic carbocycles. The summed E-state index contributed by atoms with van der Waals surface area (Å²) in [6.07, 6.45) is 6.61. The van der Waals surface area contributed by atoms with Gasteiger partial charge in [0.05, 0.1) is 0 Å². The van der Waals surface area contributed by atoms with Crippen LogP contribution in [0.2, 0.25) is 0 Å². The Morgan fingerprint density at radius 1 is 0.938 bits per heavy atom. The number of hydrazine groups is 1. The van der Waals surface area contributed by atoms with Gasteiger partial charge in [0.15, 0.2) is 0 Å². The van der Waals surface area contributed by atoms with E-state index < -0.39 is 0 Å². The van der Waals surface area contributed by atoms with Crippen molar-refractivity contribution in [2.75, 3.05) is 19.6 Å². The van der Waals surface area contributed by atoms with Gasteiger partial charge in [-0.2, -0.15) is 0 Å². The zero-order valence-corrected chi connectivity index (χ0v) is 9.99. The number of nitrogens with one attached hydrogen (secondary N) is 1. The molecule has 2 heteroatoms. The second-order valence-corrected chi connectivity index (χ2v) is 4.54. The van der Waals surface area contributed by atoms with E-state index in [0.717, 1.165) is 13.0 Å². The van der Waals surface area contributed by atoms with E-state index in [4.69, 9.17) is 0 Å². The Kier molecular flexibility index (Phi) is 4.84. The monoisotopic (exact) mass is 218 g/mol. The van der Waals surface area contributed by atoms with Crippen LogP contribution < -0.4 is 5.43 Å². The molecule has 1 aliphatic rings. The maximum Gasteiger partial charge on any atom is 0.0143 e. The fraction of sp³-hybridized carbons (Fsp3) is 0.571. The summed E-state index contributed by atoms with van der Waals surface area (Å²) in [5.41, 5.74) is 4.96. The number of benzene rings is 1. The summed E-state index contributed by atoms with van der Waals surface area (Å²) < 4.78 is 0. The van der Waals surface area contributed by atoms with Crippen molar-refractivity contribution in [3.05, 3.63) is 35.9 Å². The van der Waals surface area contributed by atoms with Gasteiger partial charge in [0.1, 0.15) is 0 Å². The summed E-state index contributed by atoms with van der Waals surface area (Å²) in [4.78, 5) is 0. The number of nitrogens with zero attached hydrogens (tertiary/aromatic N) is 1. The molecule has 1 fully saturated rings. The highest BCUT2D eigenvalue weighted by molar-refractivity contribution is 5.14. The minimum Gasteiger partial charge on any atom is -0.255 e. The minimum absolute atomic E-state index is 1.06. The summed E-state index contributed by atoms with van der Waals surface area (Å²) >= 11 is 0. The average Bonchev–Trinajstić information content (AvgIpc) is 2.59. The Morgan fingerprint density at radius 3 is 2.31 bits per heavy atom. The molecule has 2 rings (SSSR count). The molecule has 0 atom stereocenters. The molecule has 0 amide bonds. The van der Waals surface area contributed by atoms with Crippen molar-refractivity contribution >= 4 is 0 Å². The van der Waals surface area contributed by atoms with Gasteiger partial charge in [0.25, 0.3) is 0 Å². The van der Waals surface area contributed by atoms with E-state index in [1.54, 1.807) is 0 Å². The molecule has 1 N–H and O–H groups in total. The Labute approximate surface area is 98.6 Å². The van der Waals surface area contributed by atoms with Gasteiger partial charge in [-0.3, -0.25) is 5.43 Å². The first-order valence-electron chi connectivity index (χ1n) is 6.47. The predicted molar refractivity (Wildman–Crippen MR) is 68.2 cm³/mol. The third-order valence-corrected chi connectivity index (χ3v) is 3.20. The van der Waals surface area contributed by atoms with E-state index >= 15 is 0 Å². The van der Waals surface area contributed by atoms with Crippen molar-refractivity contribution in [3.63, 3.8) is 0 Å². The lowest BCUT2D eigenvalue weighted by Crippen LogP contribution is -2.39. The fourth-order valence-electron chi connectivity index (χ4n) is 2.23. The SMILES string of the molecule is c1ccc(CCNN2CCCCCC2)cc1. The maximum atomic E-state index is 3.54. The molecule has 1 aromatic rings. The third kappa shape index (κ3) is 3.95. The third-order valence-electron chi connectivity index (χ3n) is 3.20. The number of hydrogen-bond acceptors (Lipinski definition) is 2. The van der Waals surface area contributed by atoms with Crippen LogP contribution in [0.15, 0.2) is 30.3 Å². The van der Waals surface area contributed by atoms with Crippen LogP contribution in [0.3, 0.4) is 0 Å². The molecule has 2 nitrogen and oxygen atoms in total. The Balaban J connectivity index is 1.67. The number of hydrogen-bond donors (Lipinski definition) is 1. The largest absolute Gasteiger partial charge is 0.255 e. The first kappa shape index (κ1) is 11.6. The second-order valence-electron chi connectivity index (χ2n) is 4.54. The van der Waals surface area contributed by atoms with Crippen LogP contribution in [0.5, 0.6) is 0 Å². The summed E-state index contributed by atoms with van der Waals surface area (Å²) in [6, 6.07) is 10.7. The van der Waals surface area contributed by atoms with Gasteiger partial charge in [-0.1, -0.05) is 43.2 Å². The molecule has 0 spiro atoms. The van der Waals surface area contributed by atoms with Gasteiger partial charge in [0, 0.05) is 19.6 Å². The Bertz CT molecular complexity index is 276. The van der Waals surface area contributed by atoms with E-state index in [2.05, 4.69) is 40.8 Å². The van der Waals surface area contributed by atoms with Crippen LogP contribution in [-0.2, 0) is 6.42 Å². The van der Waals surface area contributed by atoms with Crippen LogP contribution in [-0.4, -0.2) is 24.6 Å². The average molecular weight is 218 g/mol. The van der Waals surface area contributed by atoms with Crippen molar-refractivity contribution in [2.24, 2.45) is 0 Å². The van der Waals surface area contributed by atoms with E-state index in [-0.39, 0.29) is 0 Å². The van der Waals surface area contributed by atoms with Crippen LogP contribution in [0.25, 0.3) is 0 Å². The molecule has 16 heavy (non-hydrogen) atoms. The molecule has 0 unspecified atom stereocenters. The summed E-state index contributed by atoms with van der Waals surface area (Å²) in [5, 5.41) is 2.40. The molecule has 0 saturated carbocycles. The summed E-state index contributed by atoms with van der Waals surface area (Å²) in [7, 11) is 0. The molecule has 1 aliphatic heterocycles. The van der Waals surface area contributed by atoms with Gasteiger partial charge < -0.3 is 0 Å². The summed E-state index contributed by atoms with van der Waals surface area (Å²) in [5.74, 6) is 0. The summed E-state index contributed by atoms with van der Waals surface area (Å²) in [6.45, 7) is 3.49. The Hall–Kier alpha value is -0.860. The molecule has 0 bridgehead atoms. The van der Waals surface area contributed by atoms with Crippen LogP contribution in [0, 0.1) is 0 Å². The first-order chi connectivity index (χ1) is 7.95. The molecule has 1 heterocycles. The van der Waals surface area contributed by atoms with Crippen LogP contribution in [0.1, 0.15) is 31.2 Å². The molecule has 1 saturated heterocycles. The van der Waals surface area contributed by atoms with Crippen LogP contribution in [0.4, 0.5) is 0 Å².